The van der Waals surface area contributed by atoms with Crippen molar-refractivity contribution in [2.75, 3.05) is 11.9 Å². The van der Waals surface area contributed by atoms with Crippen LogP contribution in [0.2, 0.25) is 0 Å². The van der Waals surface area contributed by atoms with Gasteiger partial charge in [0, 0.05) is 11.1 Å². The second-order valence-electron chi connectivity index (χ2n) is 7.95. The molecule has 2 aromatic carbocycles. The van der Waals surface area contributed by atoms with Gasteiger partial charge in [0.05, 0.1) is 12.1 Å². The van der Waals surface area contributed by atoms with Crippen molar-refractivity contribution in [2.45, 2.75) is 46.6 Å². The predicted molar refractivity (Wildman–Crippen MR) is 126 cm³/mol. The van der Waals surface area contributed by atoms with E-state index in [2.05, 4.69) is 24.1 Å². The molecular weight excluding hydrogens is 424 g/mol. The Hall–Kier alpha value is -3.19. The zero-order valence-corrected chi connectivity index (χ0v) is 19.6. The minimum atomic E-state index is -0.470. The molecule has 0 bridgehead atoms. The fraction of sp³-hybridized carbons (Fsp3) is 0.320. The number of carbonyl (C=O) groups is 2. The van der Waals surface area contributed by atoms with Crippen LogP contribution in [0.4, 0.5) is 5.69 Å². The lowest BCUT2D eigenvalue weighted by Gasteiger charge is -2.12. The van der Waals surface area contributed by atoms with Crippen molar-refractivity contribution in [3.05, 3.63) is 75.2 Å². The molecule has 3 aromatic rings. The number of aryl methyl sites for hydroxylation is 2. The molecule has 7 heteroatoms. The Bertz CT molecular complexity index is 1070. The SMILES string of the molecule is Cc1ccc(NC(=O)Cc2nc(COC(=O)COc3ccc(C(C)C)c(C)c3)cs2)cc1. The van der Waals surface area contributed by atoms with Crippen LogP contribution in [0, 0.1) is 13.8 Å². The lowest BCUT2D eigenvalue weighted by molar-refractivity contribution is -0.147. The highest BCUT2D eigenvalue weighted by atomic mass is 32.1. The van der Waals surface area contributed by atoms with Gasteiger partial charge >= 0.3 is 5.97 Å². The number of carbonyl (C=O) groups excluding carboxylic acids is 2. The van der Waals surface area contributed by atoms with Gasteiger partial charge in [-0.2, -0.15) is 0 Å². The molecule has 0 aliphatic rings. The molecule has 0 spiro atoms. The van der Waals surface area contributed by atoms with E-state index in [4.69, 9.17) is 9.47 Å². The maximum atomic E-state index is 12.2. The number of nitrogens with zero attached hydrogens (tertiary/aromatic N) is 1. The Morgan fingerprint density at radius 3 is 2.53 bits per heavy atom. The van der Waals surface area contributed by atoms with Gasteiger partial charge in [0.1, 0.15) is 17.4 Å². The Morgan fingerprint density at radius 2 is 1.84 bits per heavy atom. The second-order valence-corrected chi connectivity index (χ2v) is 8.89. The third-order valence-electron chi connectivity index (χ3n) is 4.85. The van der Waals surface area contributed by atoms with Crippen molar-refractivity contribution in [2.24, 2.45) is 0 Å². The van der Waals surface area contributed by atoms with Crippen LogP contribution >= 0.6 is 11.3 Å². The van der Waals surface area contributed by atoms with Crippen LogP contribution < -0.4 is 10.1 Å². The van der Waals surface area contributed by atoms with Crippen LogP contribution in [0.15, 0.2) is 47.8 Å². The zero-order valence-electron chi connectivity index (χ0n) is 18.8. The zero-order chi connectivity index (χ0) is 23.1. The van der Waals surface area contributed by atoms with E-state index in [0.717, 1.165) is 16.8 Å². The molecule has 1 aromatic heterocycles. The van der Waals surface area contributed by atoms with Gasteiger partial charge in [-0.05, 0) is 55.2 Å². The Kier molecular flexibility index (Phi) is 8.00. The molecule has 0 aliphatic carbocycles. The van der Waals surface area contributed by atoms with Crippen molar-refractivity contribution in [3.63, 3.8) is 0 Å². The summed E-state index contributed by atoms with van der Waals surface area (Å²) in [7, 11) is 0. The second kappa shape index (κ2) is 10.9. The van der Waals surface area contributed by atoms with E-state index in [1.165, 1.54) is 16.9 Å². The van der Waals surface area contributed by atoms with E-state index in [1.807, 2.05) is 56.3 Å². The van der Waals surface area contributed by atoms with E-state index in [-0.39, 0.29) is 25.5 Å². The molecule has 0 saturated heterocycles. The summed E-state index contributed by atoms with van der Waals surface area (Å²) in [4.78, 5) is 28.6. The summed E-state index contributed by atoms with van der Waals surface area (Å²) >= 11 is 1.36. The van der Waals surface area contributed by atoms with Gasteiger partial charge in [0.2, 0.25) is 5.91 Å². The number of hydrogen-bond donors (Lipinski definition) is 1. The standard InChI is InChI=1S/C25H28N2O4S/c1-16(2)22-10-9-21(11-18(22)4)30-14-25(29)31-13-20-15-32-24(27-20)12-23(28)26-19-7-5-17(3)6-8-19/h5-11,15-16H,12-14H2,1-4H3,(H,26,28). The number of aromatic nitrogens is 1. The largest absolute Gasteiger partial charge is 0.482 e. The molecule has 0 unspecified atom stereocenters. The number of hydrogen-bond acceptors (Lipinski definition) is 6. The molecule has 0 radical (unpaired) electrons. The fourth-order valence-electron chi connectivity index (χ4n) is 3.20. The van der Waals surface area contributed by atoms with Crippen LogP contribution in [0.1, 0.15) is 47.2 Å². The Morgan fingerprint density at radius 1 is 1.09 bits per heavy atom. The highest BCUT2D eigenvalue weighted by Crippen LogP contribution is 2.23. The van der Waals surface area contributed by atoms with Gasteiger partial charge in [0.15, 0.2) is 6.61 Å². The quantitative estimate of drug-likeness (QED) is 0.452. The number of thiazole rings is 1. The molecule has 168 valence electrons. The molecule has 6 nitrogen and oxygen atoms in total. The molecule has 0 aliphatic heterocycles. The van der Waals surface area contributed by atoms with Crippen molar-refractivity contribution >= 4 is 28.9 Å². The first-order valence-corrected chi connectivity index (χ1v) is 11.4. The van der Waals surface area contributed by atoms with Crippen LogP contribution in [-0.4, -0.2) is 23.5 Å². The predicted octanol–water partition coefficient (Wildman–Crippen LogP) is 5.19. The van der Waals surface area contributed by atoms with E-state index >= 15 is 0 Å². The summed E-state index contributed by atoms with van der Waals surface area (Å²) in [5, 5.41) is 5.30. The summed E-state index contributed by atoms with van der Waals surface area (Å²) in [6.45, 7) is 8.18. The first kappa shape index (κ1) is 23.5. The first-order chi connectivity index (χ1) is 15.3. The molecule has 1 heterocycles. The summed E-state index contributed by atoms with van der Waals surface area (Å²) in [5.74, 6) is 0.464. The fourth-order valence-corrected chi connectivity index (χ4v) is 3.98. The molecule has 0 fully saturated rings. The lowest BCUT2D eigenvalue weighted by atomic mass is 9.98. The van der Waals surface area contributed by atoms with Crippen molar-refractivity contribution in [1.29, 1.82) is 0 Å². The third kappa shape index (κ3) is 6.92. The lowest BCUT2D eigenvalue weighted by Crippen LogP contribution is -2.15. The summed E-state index contributed by atoms with van der Waals surface area (Å²) < 4.78 is 10.8. The smallest absolute Gasteiger partial charge is 0.344 e. The highest BCUT2D eigenvalue weighted by molar-refractivity contribution is 7.09. The van der Waals surface area contributed by atoms with Gasteiger partial charge in [-0.15, -0.1) is 11.3 Å². The van der Waals surface area contributed by atoms with Crippen LogP contribution in [-0.2, 0) is 27.4 Å². The van der Waals surface area contributed by atoms with Gasteiger partial charge in [-0.1, -0.05) is 37.6 Å². The highest BCUT2D eigenvalue weighted by Gasteiger charge is 2.11. The minimum absolute atomic E-state index is 0.0452. The van der Waals surface area contributed by atoms with E-state index in [0.29, 0.717) is 22.4 Å². The van der Waals surface area contributed by atoms with Crippen molar-refractivity contribution < 1.29 is 19.1 Å². The van der Waals surface area contributed by atoms with Gasteiger partial charge in [-0.3, -0.25) is 4.79 Å². The number of ether oxygens (including phenoxy) is 2. The molecule has 0 atom stereocenters. The molecule has 3 rings (SSSR count). The minimum Gasteiger partial charge on any atom is -0.482 e. The maximum absolute atomic E-state index is 12.2. The summed E-state index contributed by atoms with van der Waals surface area (Å²) in [6, 6.07) is 13.4. The van der Waals surface area contributed by atoms with E-state index < -0.39 is 5.97 Å². The van der Waals surface area contributed by atoms with Crippen molar-refractivity contribution in [3.8, 4) is 5.75 Å². The number of anilines is 1. The molecule has 32 heavy (non-hydrogen) atoms. The Balaban J connectivity index is 1.42. The van der Waals surface area contributed by atoms with E-state index in [9.17, 15) is 9.59 Å². The molecular formula is C25H28N2O4S. The average molecular weight is 453 g/mol. The molecule has 1 amide bonds. The third-order valence-corrected chi connectivity index (χ3v) is 5.75. The normalized spacial score (nSPS) is 10.8. The van der Waals surface area contributed by atoms with Crippen molar-refractivity contribution in [1.82, 2.24) is 4.98 Å². The van der Waals surface area contributed by atoms with E-state index in [1.54, 1.807) is 5.38 Å². The summed E-state index contributed by atoms with van der Waals surface area (Å²) in [5.41, 5.74) is 4.88. The van der Waals surface area contributed by atoms with Gasteiger partial charge < -0.3 is 14.8 Å². The van der Waals surface area contributed by atoms with Crippen LogP contribution in [0.5, 0.6) is 5.75 Å². The summed E-state index contributed by atoms with van der Waals surface area (Å²) in [6.07, 6.45) is 0.168. The molecule has 1 N–H and O–H groups in total. The number of benzene rings is 2. The topological polar surface area (TPSA) is 77.5 Å². The van der Waals surface area contributed by atoms with Crippen LogP contribution in [0.25, 0.3) is 0 Å². The maximum Gasteiger partial charge on any atom is 0.344 e. The monoisotopic (exact) mass is 452 g/mol. The number of nitrogens with one attached hydrogen (secondary N) is 1. The van der Waals surface area contributed by atoms with Gasteiger partial charge in [-0.25, -0.2) is 9.78 Å². The number of esters is 1. The average Bonchev–Trinajstić information content (AvgIpc) is 3.19. The molecule has 0 saturated carbocycles. The number of amides is 1. The number of rotatable bonds is 9. The van der Waals surface area contributed by atoms with Crippen LogP contribution in [0.3, 0.4) is 0 Å². The van der Waals surface area contributed by atoms with Gasteiger partial charge in [0.25, 0.3) is 0 Å². The first-order valence-electron chi connectivity index (χ1n) is 10.5. The Labute approximate surface area is 192 Å².